The van der Waals surface area contributed by atoms with E-state index >= 15 is 0 Å². The maximum atomic E-state index is 12.3. The molecule has 0 aliphatic rings. The van der Waals surface area contributed by atoms with Crippen molar-refractivity contribution >= 4 is 28.8 Å². The summed E-state index contributed by atoms with van der Waals surface area (Å²) in [4.78, 5) is 28.7. The summed E-state index contributed by atoms with van der Waals surface area (Å²) in [6.45, 7) is 4.68. The number of carbonyl (C=O) groups excluding carboxylic acids is 1. The number of unbranched alkanes of at least 4 members (excludes halogenated alkanes) is 1. The predicted molar refractivity (Wildman–Crippen MR) is 121 cm³/mol. The van der Waals surface area contributed by atoms with Crippen LogP contribution in [0.15, 0.2) is 62.7 Å². The first kappa shape index (κ1) is 22.3. The molecule has 6 heteroatoms. The van der Waals surface area contributed by atoms with Gasteiger partial charge in [0.25, 0.3) is 0 Å². The zero-order chi connectivity index (χ0) is 22.2. The van der Waals surface area contributed by atoms with Crippen molar-refractivity contribution in [1.82, 2.24) is 0 Å². The van der Waals surface area contributed by atoms with Gasteiger partial charge in [-0.2, -0.15) is 0 Å². The van der Waals surface area contributed by atoms with Gasteiger partial charge >= 0.3 is 11.6 Å². The number of carbonyl (C=O) groups is 1. The SMILES string of the molecule is CCCCC(CC)COC(=O)c1ccc(N=Cc2c(O)c3ccccc3oc2=O)cc1. The molecule has 31 heavy (non-hydrogen) atoms. The third-order valence-corrected chi connectivity index (χ3v) is 5.26. The fourth-order valence-electron chi connectivity index (χ4n) is 3.26. The average Bonchev–Trinajstić information content (AvgIpc) is 2.79. The van der Waals surface area contributed by atoms with Gasteiger partial charge in [-0.25, -0.2) is 9.59 Å². The minimum Gasteiger partial charge on any atom is -0.506 e. The van der Waals surface area contributed by atoms with E-state index < -0.39 is 5.63 Å². The van der Waals surface area contributed by atoms with Gasteiger partial charge in [-0.15, -0.1) is 0 Å². The van der Waals surface area contributed by atoms with Gasteiger partial charge in [-0.3, -0.25) is 4.99 Å². The minimum atomic E-state index is -0.673. The van der Waals surface area contributed by atoms with E-state index in [1.807, 2.05) is 0 Å². The molecule has 0 fully saturated rings. The van der Waals surface area contributed by atoms with Crippen molar-refractivity contribution in [2.24, 2.45) is 10.9 Å². The molecule has 1 unspecified atom stereocenters. The fraction of sp³-hybridized carbons (Fsp3) is 0.320. The third kappa shape index (κ3) is 5.60. The second-order valence-corrected chi connectivity index (χ2v) is 7.47. The summed E-state index contributed by atoms with van der Waals surface area (Å²) in [5.74, 6) is -0.156. The van der Waals surface area contributed by atoms with Crippen molar-refractivity contribution in [3.8, 4) is 5.75 Å². The quantitative estimate of drug-likeness (QED) is 0.275. The molecule has 0 radical (unpaired) electrons. The molecule has 3 aromatic rings. The Labute approximate surface area is 181 Å². The van der Waals surface area contributed by atoms with Gasteiger partial charge in [0.05, 0.1) is 23.2 Å². The minimum absolute atomic E-state index is 0.0279. The Kier molecular flexibility index (Phi) is 7.60. The number of hydrogen-bond acceptors (Lipinski definition) is 6. The number of fused-ring (bicyclic) bond motifs is 1. The van der Waals surface area contributed by atoms with Gasteiger partial charge in [0.2, 0.25) is 0 Å². The molecule has 0 aliphatic heterocycles. The van der Waals surface area contributed by atoms with E-state index in [1.165, 1.54) is 6.21 Å². The molecular formula is C25H27NO5. The Morgan fingerprint density at radius 3 is 2.61 bits per heavy atom. The van der Waals surface area contributed by atoms with Crippen LogP contribution >= 0.6 is 0 Å². The summed E-state index contributed by atoms with van der Waals surface area (Å²) in [5.41, 5.74) is 0.578. The van der Waals surface area contributed by atoms with E-state index in [1.54, 1.807) is 48.5 Å². The molecule has 0 bridgehead atoms. The van der Waals surface area contributed by atoms with E-state index in [9.17, 15) is 14.7 Å². The highest BCUT2D eigenvalue weighted by Crippen LogP contribution is 2.25. The predicted octanol–water partition coefficient (Wildman–Crippen LogP) is 5.62. The van der Waals surface area contributed by atoms with Crippen molar-refractivity contribution in [3.05, 3.63) is 70.1 Å². The molecule has 1 atom stereocenters. The lowest BCUT2D eigenvalue weighted by Gasteiger charge is -2.14. The Morgan fingerprint density at radius 1 is 1.16 bits per heavy atom. The van der Waals surface area contributed by atoms with E-state index in [0.717, 1.165) is 25.7 Å². The van der Waals surface area contributed by atoms with Crippen molar-refractivity contribution in [2.75, 3.05) is 6.61 Å². The highest BCUT2D eigenvalue weighted by atomic mass is 16.5. The summed E-state index contributed by atoms with van der Waals surface area (Å²) in [7, 11) is 0. The standard InChI is InChI=1S/C25H27NO5/c1-3-5-8-17(4-2)16-30-24(28)18-11-13-19(14-12-18)26-15-21-23(27)20-9-6-7-10-22(20)31-25(21)29/h6-7,9-15,17,27H,3-5,8,16H2,1-2H3. The van der Waals surface area contributed by atoms with E-state index in [-0.39, 0.29) is 17.3 Å². The largest absolute Gasteiger partial charge is 0.506 e. The summed E-state index contributed by atoms with van der Waals surface area (Å²) in [6, 6.07) is 13.3. The highest BCUT2D eigenvalue weighted by molar-refractivity contribution is 5.94. The molecule has 3 rings (SSSR count). The first-order valence-corrected chi connectivity index (χ1v) is 10.6. The van der Waals surface area contributed by atoms with Crippen LogP contribution in [0.1, 0.15) is 55.5 Å². The molecule has 2 aromatic carbocycles. The fourth-order valence-corrected chi connectivity index (χ4v) is 3.26. The molecule has 0 amide bonds. The zero-order valence-electron chi connectivity index (χ0n) is 17.8. The van der Waals surface area contributed by atoms with Gasteiger partial charge in [-0.1, -0.05) is 45.2 Å². The van der Waals surface area contributed by atoms with Crippen molar-refractivity contribution in [2.45, 2.75) is 39.5 Å². The number of aromatic hydroxyl groups is 1. The maximum Gasteiger partial charge on any atom is 0.348 e. The van der Waals surface area contributed by atoms with Crippen LogP contribution in [0.2, 0.25) is 0 Å². The smallest absolute Gasteiger partial charge is 0.348 e. The molecular weight excluding hydrogens is 394 g/mol. The summed E-state index contributed by atoms with van der Waals surface area (Å²) in [6.07, 6.45) is 5.57. The highest BCUT2D eigenvalue weighted by Gasteiger charge is 2.13. The number of rotatable bonds is 9. The Bertz CT molecular complexity index is 1110. The van der Waals surface area contributed by atoms with Crippen LogP contribution in [0.4, 0.5) is 5.69 Å². The number of esters is 1. The van der Waals surface area contributed by atoms with Crippen LogP contribution in [-0.2, 0) is 4.74 Å². The van der Waals surface area contributed by atoms with E-state index in [0.29, 0.717) is 34.7 Å². The summed E-state index contributed by atoms with van der Waals surface area (Å²) >= 11 is 0. The van der Waals surface area contributed by atoms with Gasteiger partial charge in [0.1, 0.15) is 16.9 Å². The third-order valence-electron chi connectivity index (χ3n) is 5.26. The second-order valence-electron chi connectivity index (χ2n) is 7.47. The number of hydrogen-bond donors (Lipinski definition) is 1. The Hall–Kier alpha value is -3.41. The lowest BCUT2D eigenvalue weighted by Crippen LogP contribution is -2.14. The van der Waals surface area contributed by atoms with Gasteiger partial charge < -0.3 is 14.3 Å². The molecule has 1 N–H and O–H groups in total. The number of benzene rings is 2. The Balaban J connectivity index is 1.68. The van der Waals surface area contributed by atoms with Crippen molar-refractivity contribution in [3.63, 3.8) is 0 Å². The topological polar surface area (TPSA) is 89.1 Å². The summed E-state index contributed by atoms with van der Waals surface area (Å²) in [5, 5.41) is 10.8. The second kappa shape index (κ2) is 10.6. The molecule has 162 valence electrons. The molecule has 0 aliphatic carbocycles. The molecule has 0 saturated heterocycles. The molecule has 0 saturated carbocycles. The lowest BCUT2D eigenvalue weighted by molar-refractivity contribution is 0.0428. The summed E-state index contributed by atoms with van der Waals surface area (Å²) < 4.78 is 10.7. The first-order chi connectivity index (χ1) is 15.0. The number of ether oxygens (including phenoxy) is 1. The van der Waals surface area contributed by atoms with Crippen LogP contribution in [0.5, 0.6) is 5.75 Å². The zero-order valence-corrected chi connectivity index (χ0v) is 17.8. The van der Waals surface area contributed by atoms with Crippen LogP contribution < -0.4 is 5.63 Å². The van der Waals surface area contributed by atoms with Gasteiger partial charge in [0.15, 0.2) is 0 Å². The lowest BCUT2D eigenvalue weighted by atomic mass is 10.0. The maximum absolute atomic E-state index is 12.3. The first-order valence-electron chi connectivity index (χ1n) is 10.6. The number of nitrogens with zero attached hydrogens (tertiary/aromatic N) is 1. The van der Waals surface area contributed by atoms with Crippen LogP contribution in [0.25, 0.3) is 11.0 Å². The monoisotopic (exact) mass is 421 g/mol. The molecule has 1 aromatic heterocycles. The van der Waals surface area contributed by atoms with Gasteiger partial charge in [-0.05, 0) is 48.7 Å². The van der Waals surface area contributed by atoms with E-state index in [2.05, 4.69) is 18.8 Å². The van der Waals surface area contributed by atoms with Crippen molar-refractivity contribution in [1.29, 1.82) is 0 Å². The van der Waals surface area contributed by atoms with Crippen LogP contribution in [0.3, 0.4) is 0 Å². The molecule has 6 nitrogen and oxygen atoms in total. The van der Waals surface area contributed by atoms with Crippen LogP contribution in [-0.4, -0.2) is 23.9 Å². The molecule has 1 heterocycles. The average molecular weight is 421 g/mol. The number of para-hydroxylation sites is 1. The van der Waals surface area contributed by atoms with Crippen molar-refractivity contribution < 1.29 is 19.1 Å². The Morgan fingerprint density at radius 2 is 1.90 bits per heavy atom. The number of aliphatic imine (C=N–C) groups is 1. The van der Waals surface area contributed by atoms with Crippen LogP contribution in [0, 0.1) is 5.92 Å². The normalized spacial score (nSPS) is 12.3. The van der Waals surface area contributed by atoms with Gasteiger partial charge in [0, 0.05) is 6.21 Å². The van der Waals surface area contributed by atoms with E-state index in [4.69, 9.17) is 9.15 Å². The molecule has 0 spiro atoms.